The molecule has 0 saturated carbocycles. The van der Waals surface area contributed by atoms with Crippen LogP contribution in [0.1, 0.15) is 6.92 Å². The smallest absolute Gasteiger partial charge is 0.434 e. The zero-order valence-corrected chi connectivity index (χ0v) is 14.1. The van der Waals surface area contributed by atoms with E-state index in [2.05, 4.69) is 9.72 Å². The van der Waals surface area contributed by atoms with Gasteiger partial charge in [-0.05, 0) is 31.2 Å². The highest BCUT2D eigenvalue weighted by Gasteiger charge is 2.18. The molecule has 0 spiro atoms. The van der Waals surface area contributed by atoms with Gasteiger partial charge in [0.25, 0.3) is 0 Å². The predicted octanol–water partition coefficient (Wildman–Crippen LogP) is 3.85. The number of pyridine rings is 2. The number of ether oxygens (including phenoxy) is 2. The highest BCUT2D eigenvalue weighted by atomic mass is 35.5. The van der Waals surface area contributed by atoms with Crippen molar-refractivity contribution in [3.05, 3.63) is 63.5 Å². The third-order valence-corrected chi connectivity index (χ3v) is 3.62. The van der Waals surface area contributed by atoms with Gasteiger partial charge < -0.3 is 9.47 Å². The van der Waals surface area contributed by atoms with Crippen molar-refractivity contribution < 1.29 is 23.0 Å². The van der Waals surface area contributed by atoms with E-state index >= 15 is 0 Å². The lowest BCUT2D eigenvalue weighted by atomic mass is 10.2. The standard InChI is InChI=1S/C17H11ClF2N2O4/c1-2-25-17(24)26-13-8-22(12-5-3-9(19)7-11(12)20)16-10(15(13)23)4-6-14(18)21-16/h3-8H,2H2,1H3. The molecule has 0 atom stereocenters. The van der Waals surface area contributed by atoms with E-state index in [1.807, 2.05) is 0 Å². The fourth-order valence-electron chi connectivity index (χ4n) is 2.33. The van der Waals surface area contributed by atoms with Gasteiger partial charge in [0.15, 0.2) is 5.75 Å². The first-order valence-electron chi connectivity index (χ1n) is 7.42. The quantitative estimate of drug-likeness (QED) is 0.510. The maximum atomic E-state index is 14.2. The number of carbonyl (C=O) groups excluding carboxylic acids is 1. The Balaban J connectivity index is 2.29. The van der Waals surface area contributed by atoms with Crippen LogP contribution in [0.15, 0.2) is 41.3 Å². The third kappa shape index (κ3) is 3.36. The lowest BCUT2D eigenvalue weighted by Crippen LogP contribution is -2.19. The lowest BCUT2D eigenvalue weighted by Gasteiger charge is -2.13. The molecule has 0 bridgehead atoms. The minimum Gasteiger partial charge on any atom is -0.434 e. The molecule has 0 saturated heterocycles. The van der Waals surface area contributed by atoms with E-state index in [9.17, 15) is 18.4 Å². The molecule has 26 heavy (non-hydrogen) atoms. The molecule has 0 radical (unpaired) electrons. The number of aromatic nitrogens is 2. The molecule has 0 aliphatic carbocycles. The molecule has 3 rings (SSSR count). The molecule has 0 unspecified atom stereocenters. The zero-order chi connectivity index (χ0) is 18.8. The second-order valence-corrected chi connectivity index (χ2v) is 5.47. The minimum atomic E-state index is -1.09. The van der Waals surface area contributed by atoms with Gasteiger partial charge in [-0.3, -0.25) is 9.36 Å². The average molecular weight is 381 g/mol. The van der Waals surface area contributed by atoms with Crippen LogP contribution in [0.25, 0.3) is 16.7 Å². The Labute approximate surface area is 150 Å². The van der Waals surface area contributed by atoms with Gasteiger partial charge in [-0.25, -0.2) is 18.6 Å². The Morgan fingerprint density at radius 3 is 2.73 bits per heavy atom. The van der Waals surface area contributed by atoms with Crippen molar-refractivity contribution in [2.75, 3.05) is 6.61 Å². The Kier molecular flexibility index (Phi) is 4.85. The number of hydrogen-bond acceptors (Lipinski definition) is 5. The molecular formula is C17H11ClF2N2O4. The number of benzene rings is 1. The number of rotatable bonds is 3. The summed E-state index contributed by atoms with van der Waals surface area (Å²) in [7, 11) is 0. The van der Waals surface area contributed by atoms with Gasteiger partial charge in [0.05, 0.1) is 23.9 Å². The summed E-state index contributed by atoms with van der Waals surface area (Å²) in [6.45, 7) is 1.62. The van der Waals surface area contributed by atoms with E-state index in [1.54, 1.807) is 6.92 Å². The SMILES string of the molecule is CCOC(=O)Oc1cn(-c2ccc(F)cc2F)c2nc(Cl)ccc2c1=O. The Bertz CT molecular complexity index is 1070. The molecule has 0 aliphatic rings. The monoisotopic (exact) mass is 380 g/mol. The van der Waals surface area contributed by atoms with E-state index in [4.69, 9.17) is 16.3 Å². The van der Waals surface area contributed by atoms with Crippen LogP contribution in [-0.4, -0.2) is 22.3 Å². The summed E-state index contributed by atoms with van der Waals surface area (Å²) in [5.41, 5.74) is -0.750. The van der Waals surface area contributed by atoms with Gasteiger partial charge in [-0.1, -0.05) is 11.6 Å². The molecule has 0 amide bonds. The van der Waals surface area contributed by atoms with E-state index in [0.717, 1.165) is 22.9 Å². The molecular weight excluding hydrogens is 370 g/mol. The second-order valence-electron chi connectivity index (χ2n) is 5.08. The lowest BCUT2D eigenvalue weighted by molar-refractivity contribution is 0.104. The number of hydrogen-bond donors (Lipinski definition) is 0. The summed E-state index contributed by atoms with van der Waals surface area (Å²) in [6.07, 6.45) is -0.0154. The molecule has 3 aromatic rings. The predicted molar refractivity (Wildman–Crippen MR) is 89.9 cm³/mol. The van der Waals surface area contributed by atoms with Gasteiger partial charge >= 0.3 is 6.16 Å². The summed E-state index contributed by atoms with van der Waals surface area (Å²) in [6, 6.07) is 5.60. The van der Waals surface area contributed by atoms with Crippen LogP contribution >= 0.6 is 11.6 Å². The van der Waals surface area contributed by atoms with Gasteiger partial charge in [0.1, 0.15) is 22.4 Å². The van der Waals surface area contributed by atoms with Crippen molar-refractivity contribution in [2.24, 2.45) is 0 Å². The van der Waals surface area contributed by atoms with Crippen molar-refractivity contribution in [2.45, 2.75) is 6.92 Å². The highest BCUT2D eigenvalue weighted by Crippen LogP contribution is 2.23. The maximum absolute atomic E-state index is 14.2. The fraction of sp³-hybridized carbons (Fsp3) is 0.118. The molecule has 2 heterocycles. The number of fused-ring (bicyclic) bond motifs is 1. The van der Waals surface area contributed by atoms with Crippen molar-refractivity contribution in [1.82, 2.24) is 9.55 Å². The fourth-order valence-corrected chi connectivity index (χ4v) is 2.47. The van der Waals surface area contributed by atoms with Gasteiger partial charge in [0.2, 0.25) is 5.43 Å². The summed E-state index contributed by atoms with van der Waals surface area (Å²) in [4.78, 5) is 28.1. The van der Waals surface area contributed by atoms with E-state index in [-0.39, 0.29) is 28.5 Å². The number of nitrogens with zero attached hydrogens (tertiary/aromatic N) is 2. The van der Waals surface area contributed by atoms with Crippen LogP contribution in [0.4, 0.5) is 13.6 Å². The van der Waals surface area contributed by atoms with E-state index in [0.29, 0.717) is 6.07 Å². The molecule has 0 aliphatic heterocycles. The molecule has 9 heteroatoms. The topological polar surface area (TPSA) is 70.4 Å². The van der Waals surface area contributed by atoms with Crippen molar-refractivity contribution in [1.29, 1.82) is 0 Å². The van der Waals surface area contributed by atoms with E-state index < -0.39 is 29.0 Å². The van der Waals surface area contributed by atoms with Crippen LogP contribution in [-0.2, 0) is 4.74 Å². The normalized spacial score (nSPS) is 10.8. The Hall–Kier alpha value is -3.00. The summed E-state index contributed by atoms with van der Waals surface area (Å²) >= 11 is 5.88. The molecule has 6 nitrogen and oxygen atoms in total. The van der Waals surface area contributed by atoms with Gasteiger partial charge in [-0.2, -0.15) is 0 Å². The maximum Gasteiger partial charge on any atom is 0.514 e. The van der Waals surface area contributed by atoms with Gasteiger partial charge in [0, 0.05) is 6.07 Å². The number of halogens is 3. The molecule has 1 aromatic carbocycles. The van der Waals surface area contributed by atoms with E-state index in [1.165, 1.54) is 12.1 Å². The summed E-state index contributed by atoms with van der Waals surface area (Å²) in [5, 5.41) is 0.0900. The van der Waals surface area contributed by atoms with Crippen molar-refractivity contribution in [3.63, 3.8) is 0 Å². The van der Waals surface area contributed by atoms with Crippen LogP contribution in [0.3, 0.4) is 0 Å². The summed E-state index contributed by atoms with van der Waals surface area (Å²) < 4.78 is 38.2. The molecule has 134 valence electrons. The molecule has 0 fully saturated rings. The largest absolute Gasteiger partial charge is 0.514 e. The Morgan fingerprint density at radius 1 is 1.27 bits per heavy atom. The van der Waals surface area contributed by atoms with Gasteiger partial charge in [-0.15, -0.1) is 0 Å². The molecule has 0 N–H and O–H groups in total. The van der Waals surface area contributed by atoms with Crippen molar-refractivity contribution in [3.8, 4) is 11.4 Å². The van der Waals surface area contributed by atoms with Crippen molar-refractivity contribution >= 4 is 28.8 Å². The summed E-state index contributed by atoms with van der Waals surface area (Å²) in [5.74, 6) is -2.08. The first-order chi connectivity index (χ1) is 12.4. The second kappa shape index (κ2) is 7.09. The minimum absolute atomic E-state index is 0.0178. The zero-order valence-electron chi connectivity index (χ0n) is 13.3. The molecule has 2 aromatic heterocycles. The van der Waals surface area contributed by atoms with Crippen LogP contribution in [0.5, 0.6) is 5.75 Å². The first-order valence-corrected chi connectivity index (χ1v) is 7.80. The number of carbonyl (C=O) groups is 1. The highest BCUT2D eigenvalue weighted by molar-refractivity contribution is 6.29. The van der Waals surface area contributed by atoms with Crippen LogP contribution < -0.4 is 10.2 Å². The van der Waals surface area contributed by atoms with Crippen LogP contribution in [0.2, 0.25) is 5.15 Å². The third-order valence-electron chi connectivity index (χ3n) is 3.41. The average Bonchev–Trinajstić information content (AvgIpc) is 2.58. The Morgan fingerprint density at radius 2 is 2.04 bits per heavy atom. The first kappa shape index (κ1) is 17.8. The van der Waals surface area contributed by atoms with Crippen LogP contribution in [0, 0.1) is 11.6 Å².